The van der Waals surface area contributed by atoms with Crippen LogP contribution in [-0.4, -0.2) is 130 Å². The van der Waals surface area contributed by atoms with E-state index in [1.54, 1.807) is 18.6 Å². The Morgan fingerprint density at radius 3 is 2.30 bits per heavy atom. The van der Waals surface area contributed by atoms with Gasteiger partial charge in [-0.3, -0.25) is 33.6 Å². The molecule has 3 aromatic rings. The van der Waals surface area contributed by atoms with Crippen molar-refractivity contribution in [3.8, 4) is 0 Å². The molecule has 18 heteroatoms. The first-order chi connectivity index (χ1) is 25.5. The number of nitrogens with two attached hydrogens (primary N) is 1. The predicted molar refractivity (Wildman–Crippen MR) is 202 cm³/mol. The number of rotatable bonds is 6. The van der Waals surface area contributed by atoms with Crippen LogP contribution in [0.5, 0.6) is 0 Å². The highest BCUT2D eigenvalue weighted by atomic mass is 32.1. The molecule has 3 heterocycles. The van der Waals surface area contributed by atoms with E-state index in [0.717, 1.165) is 23.4 Å². The number of aromatic amines is 1. The molecule has 1 aliphatic rings. The molecule has 1 aromatic carbocycles. The van der Waals surface area contributed by atoms with E-state index in [2.05, 4.69) is 25.9 Å². The number of likely N-dealkylation sites (N-methyl/N-ethyl adjacent to an activating group) is 2. The fourth-order valence-corrected chi connectivity index (χ4v) is 6.67. The van der Waals surface area contributed by atoms with Gasteiger partial charge in [-0.1, -0.05) is 32.0 Å². The summed E-state index contributed by atoms with van der Waals surface area (Å²) in [5.41, 5.74) is 7.37. The Balaban J connectivity index is 0.00000186. The summed E-state index contributed by atoms with van der Waals surface area (Å²) in [6.07, 6.45) is 2.44. The van der Waals surface area contributed by atoms with E-state index in [-0.39, 0.29) is 63.1 Å². The van der Waals surface area contributed by atoms with Crippen LogP contribution in [0.1, 0.15) is 67.6 Å². The third-order valence-corrected chi connectivity index (χ3v) is 9.39. The summed E-state index contributed by atoms with van der Waals surface area (Å²) in [5.74, 6) is -3.56. The number of carbonyl (C=O) groups is 7. The third kappa shape index (κ3) is 12.6. The van der Waals surface area contributed by atoms with Gasteiger partial charge >= 0.3 is 0 Å². The maximum absolute atomic E-state index is 13.9. The molecule has 0 fully saturated rings. The summed E-state index contributed by atoms with van der Waals surface area (Å²) in [5, 5.41) is 18.8. The Hall–Kier alpha value is -5.36. The van der Waals surface area contributed by atoms with Crippen LogP contribution in [0.25, 0.3) is 10.9 Å². The Bertz CT molecular complexity index is 1800. The van der Waals surface area contributed by atoms with Crippen molar-refractivity contribution < 1.29 is 38.7 Å². The molecule has 0 aliphatic carbocycles. The van der Waals surface area contributed by atoms with Gasteiger partial charge in [0, 0.05) is 76.0 Å². The average molecular weight is 770 g/mol. The van der Waals surface area contributed by atoms with E-state index >= 15 is 0 Å². The molecule has 1 aliphatic heterocycles. The number of thiazole rings is 1. The van der Waals surface area contributed by atoms with Crippen LogP contribution in [-0.2, 0) is 35.2 Å². The van der Waals surface area contributed by atoms with Crippen molar-refractivity contribution in [3.63, 3.8) is 0 Å². The van der Waals surface area contributed by atoms with Crippen LogP contribution < -0.4 is 21.7 Å². The molecule has 0 unspecified atom stereocenters. The number of hydrogen-bond acceptors (Lipinski definition) is 10. The van der Waals surface area contributed by atoms with Crippen LogP contribution in [0.4, 0.5) is 0 Å². The van der Waals surface area contributed by atoms with E-state index in [1.165, 1.54) is 40.0 Å². The molecule has 17 nitrogen and oxygen atoms in total. The van der Waals surface area contributed by atoms with Crippen LogP contribution in [0.2, 0.25) is 0 Å². The van der Waals surface area contributed by atoms with Crippen molar-refractivity contribution in [2.45, 2.75) is 65.1 Å². The molecule has 0 spiro atoms. The van der Waals surface area contributed by atoms with Gasteiger partial charge in [-0.25, -0.2) is 4.98 Å². The zero-order chi connectivity index (χ0) is 40.1. The van der Waals surface area contributed by atoms with Gasteiger partial charge in [-0.15, -0.1) is 11.3 Å². The van der Waals surface area contributed by atoms with Gasteiger partial charge in [0.05, 0.1) is 19.1 Å². The SMILES string of the molecule is CC(=O)O.CC(C)C[C@@H]1NC(=O)CN(C(=O)CCN)CCN(C)C(=O)[C@H](C)NC(=O)CN(C)C(=O)[C@@H](Cc2c[nH]c3ccccc23)NC(=O)c2csc1n2. The van der Waals surface area contributed by atoms with E-state index in [1.807, 2.05) is 38.1 Å². The molecule has 4 rings (SSSR count). The zero-order valence-corrected chi connectivity index (χ0v) is 32.3. The summed E-state index contributed by atoms with van der Waals surface area (Å²) in [6, 6.07) is 5.03. The first kappa shape index (κ1) is 43.0. The first-order valence-electron chi connectivity index (χ1n) is 17.6. The lowest BCUT2D eigenvalue weighted by Crippen LogP contribution is -2.53. The van der Waals surface area contributed by atoms with Crippen molar-refractivity contribution >= 4 is 63.7 Å². The molecule has 0 saturated carbocycles. The van der Waals surface area contributed by atoms with E-state index in [9.17, 15) is 28.8 Å². The number of aromatic nitrogens is 2. The number of para-hydroxylation sites is 1. The summed E-state index contributed by atoms with van der Waals surface area (Å²) in [6.45, 7) is 6.20. The fraction of sp³-hybridized carbons (Fsp3) is 0.500. The van der Waals surface area contributed by atoms with Crippen LogP contribution in [0, 0.1) is 5.92 Å². The number of carboxylic acid groups (broad SMARTS) is 1. The lowest BCUT2D eigenvalue weighted by atomic mass is 10.0. The highest BCUT2D eigenvalue weighted by Crippen LogP contribution is 2.25. The Kier molecular flexibility index (Phi) is 16.1. The smallest absolute Gasteiger partial charge is 0.300 e. The molecule has 2 aromatic heterocycles. The van der Waals surface area contributed by atoms with Gasteiger partial charge in [-0.05, 0) is 30.9 Å². The van der Waals surface area contributed by atoms with Crippen LogP contribution in [0.3, 0.4) is 0 Å². The fourth-order valence-electron chi connectivity index (χ4n) is 5.80. The monoisotopic (exact) mass is 769 g/mol. The second-order valence-corrected chi connectivity index (χ2v) is 14.4. The number of fused-ring (bicyclic) bond motifs is 3. The molecule has 0 radical (unpaired) electrons. The van der Waals surface area contributed by atoms with Crippen molar-refractivity contribution in [3.05, 3.63) is 52.1 Å². The number of hydrogen-bond donors (Lipinski definition) is 6. The Morgan fingerprint density at radius 1 is 0.963 bits per heavy atom. The lowest BCUT2D eigenvalue weighted by Gasteiger charge is -2.28. The van der Waals surface area contributed by atoms with Crippen molar-refractivity contribution in [1.82, 2.24) is 40.6 Å². The number of H-pyrrole nitrogens is 1. The minimum Gasteiger partial charge on any atom is -0.481 e. The van der Waals surface area contributed by atoms with Crippen molar-refractivity contribution in [2.24, 2.45) is 11.7 Å². The number of amides is 6. The number of carbonyl (C=O) groups excluding carboxylic acids is 6. The molecular weight excluding hydrogens is 719 g/mol. The summed E-state index contributed by atoms with van der Waals surface area (Å²) in [7, 11) is 3.00. The maximum atomic E-state index is 13.9. The molecule has 2 bridgehead atoms. The number of benzene rings is 1. The largest absolute Gasteiger partial charge is 0.481 e. The van der Waals surface area contributed by atoms with E-state index in [4.69, 9.17) is 15.6 Å². The Morgan fingerprint density at radius 2 is 1.63 bits per heavy atom. The van der Waals surface area contributed by atoms with Gasteiger partial charge < -0.3 is 46.5 Å². The van der Waals surface area contributed by atoms with Gasteiger partial charge in [-0.2, -0.15) is 0 Å². The van der Waals surface area contributed by atoms with Crippen molar-refractivity contribution in [1.29, 1.82) is 0 Å². The normalized spacial score (nSPS) is 19.7. The number of aliphatic carboxylic acids is 1. The predicted octanol–water partition coefficient (Wildman–Crippen LogP) is 0.872. The minimum atomic E-state index is -1.06. The molecule has 6 amide bonds. The quantitative estimate of drug-likeness (QED) is 0.207. The summed E-state index contributed by atoms with van der Waals surface area (Å²) >= 11 is 1.20. The molecule has 0 saturated heterocycles. The molecule has 54 heavy (non-hydrogen) atoms. The highest BCUT2D eigenvalue weighted by molar-refractivity contribution is 7.09. The average Bonchev–Trinajstić information content (AvgIpc) is 3.76. The van der Waals surface area contributed by atoms with Gasteiger partial charge in [0.25, 0.3) is 11.9 Å². The molecule has 3 atom stereocenters. The van der Waals surface area contributed by atoms with Crippen LogP contribution >= 0.6 is 11.3 Å². The molecule has 294 valence electrons. The number of nitrogens with one attached hydrogen (secondary N) is 4. The second-order valence-electron chi connectivity index (χ2n) is 13.5. The Labute approximate surface area is 318 Å². The molecular formula is C36H51N9O8S. The van der Waals surface area contributed by atoms with Gasteiger partial charge in [0.15, 0.2) is 0 Å². The van der Waals surface area contributed by atoms with Gasteiger partial charge in [0.2, 0.25) is 29.5 Å². The second kappa shape index (κ2) is 20.2. The summed E-state index contributed by atoms with van der Waals surface area (Å²) < 4.78 is 0. The zero-order valence-electron chi connectivity index (χ0n) is 31.5. The third-order valence-electron chi connectivity index (χ3n) is 8.43. The summed E-state index contributed by atoms with van der Waals surface area (Å²) in [4.78, 5) is 101. The topological polar surface area (TPSA) is 240 Å². The molecule has 7 N–H and O–H groups in total. The number of carboxylic acids is 1. The van der Waals surface area contributed by atoms with Gasteiger partial charge in [0.1, 0.15) is 22.8 Å². The maximum Gasteiger partial charge on any atom is 0.300 e. The lowest BCUT2D eigenvalue weighted by molar-refractivity contribution is -0.139. The standard InChI is InChI=1S/C34H47N9O6S.C2H4O2/c1-20(2)14-25-32-40-27(19-50-32)31(47)39-26(15-22-16-36-24-9-7-6-8-23(22)24)34(49)42(5)17-28(44)37-21(3)33(48)41(4)12-13-43(18-29(45)38-25)30(46)10-11-35;1-2(3)4/h6-9,16,19-21,25-26,36H,10-15,17-18,35H2,1-5H3,(H,37,44)(H,38,45)(H,39,47);1H3,(H,3,4)/t21-,25-,26+;/m0./s1. The minimum absolute atomic E-state index is 0.0192. The van der Waals surface area contributed by atoms with E-state index < -0.39 is 53.6 Å². The number of nitrogens with zero attached hydrogens (tertiary/aromatic N) is 4. The van der Waals surface area contributed by atoms with E-state index in [0.29, 0.717) is 11.4 Å². The van der Waals surface area contributed by atoms with Crippen LogP contribution in [0.15, 0.2) is 35.8 Å². The highest BCUT2D eigenvalue weighted by Gasteiger charge is 2.30. The first-order valence-corrected chi connectivity index (χ1v) is 18.5. The van der Waals surface area contributed by atoms with Crippen molar-refractivity contribution in [2.75, 3.05) is 46.8 Å².